The lowest BCUT2D eigenvalue weighted by Crippen LogP contribution is -2.57. The number of carboxylic acids is 1. The summed E-state index contributed by atoms with van der Waals surface area (Å²) in [5, 5.41) is 9.34. The smallest absolute Gasteiger partial charge is 0.305 e. The lowest BCUT2D eigenvalue weighted by atomic mass is 9.76. The molecule has 1 saturated carbocycles. The zero-order chi connectivity index (χ0) is 14.8. The Morgan fingerprint density at radius 3 is 2.55 bits per heavy atom. The highest BCUT2D eigenvalue weighted by atomic mass is 16.4. The van der Waals surface area contributed by atoms with E-state index in [1.165, 1.54) is 25.7 Å². The number of piperidine rings is 1. The molecule has 1 heterocycles. The largest absolute Gasteiger partial charge is 0.481 e. The van der Waals surface area contributed by atoms with E-state index in [4.69, 9.17) is 0 Å². The van der Waals surface area contributed by atoms with Gasteiger partial charge in [0.25, 0.3) is 0 Å². The second kappa shape index (κ2) is 6.44. The molecule has 2 fully saturated rings. The van der Waals surface area contributed by atoms with Crippen molar-refractivity contribution in [2.45, 2.75) is 75.9 Å². The topological polar surface area (TPSA) is 43.8 Å². The highest BCUT2D eigenvalue weighted by molar-refractivity contribution is 5.68. The van der Waals surface area contributed by atoms with Gasteiger partial charge in [-0.3, -0.25) is 9.69 Å². The van der Waals surface area contributed by atoms with E-state index in [1.54, 1.807) is 0 Å². The van der Waals surface area contributed by atoms with Crippen LogP contribution in [0.4, 0.5) is 0 Å². The third kappa shape index (κ3) is 3.34. The van der Waals surface area contributed by atoms with Crippen LogP contribution in [0.15, 0.2) is 0 Å². The first-order valence-corrected chi connectivity index (χ1v) is 8.09. The number of rotatable bonds is 4. The molecule has 0 bridgehead atoms. The minimum Gasteiger partial charge on any atom is -0.481 e. The van der Waals surface area contributed by atoms with Gasteiger partial charge in [0, 0.05) is 17.6 Å². The molecule has 1 aliphatic carbocycles. The highest BCUT2D eigenvalue weighted by Gasteiger charge is 2.42. The molecule has 1 aliphatic heterocycles. The Morgan fingerprint density at radius 1 is 1.35 bits per heavy atom. The van der Waals surface area contributed by atoms with Gasteiger partial charge < -0.3 is 10.0 Å². The molecule has 4 nitrogen and oxygen atoms in total. The van der Waals surface area contributed by atoms with Crippen LogP contribution in [0.1, 0.15) is 58.3 Å². The summed E-state index contributed by atoms with van der Waals surface area (Å²) in [6.07, 6.45) is 8.36. The summed E-state index contributed by atoms with van der Waals surface area (Å²) in [7, 11) is 4.37. The fourth-order valence-corrected chi connectivity index (χ4v) is 4.15. The van der Waals surface area contributed by atoms with Crippen LogP contribution in [-0.4, -0.2) is 59.1 Å². The van der Waals surface area contributed by atoms with Crippen LogP contribution >= 0.6 is 0 Å². The molecule has 0 aromatic heterocycles. The standard InChI is InChI=1S/C16H30N2O2/c1-13-11-14(7-10-17(13)2)18(3)16(12-15(19)20)8-5-4-6-9-16/h13-14H,4-12H2,1-3H3,(H,19,20). The van der Waals surface area contributed by atoms with Crippen LogP contribution in [0.25, 0.3) is 0 Å². The van der Waals surface area contributed by atoms with E-state index >= 15 is 0 Å². The zero-order valence-electron chi connectivity index (χ0n) is 13.3. The highest BCUT2D eigenvalue weighted by Crippen LogP contribution is 2.38. The number of carboxylic acid groups (broad SMARTS) is 1. The summed E-state index contributed by atoms with van der Waals surface area (Å²) >= 11 is 0. The van der Waals surface area contributed by atoms with Gasteiger partial charge in [0.1, 0.15) is 0 Å². The first-order chi connectivity index (χ1) is 9.44. The normalized spacial score (nSPS) is 31.4. The average molecular weight is 282 g/mol. The molecule has 1 N–H and O–H groups in total. The molecule has 0 aromatic carbocycles. The lowest BCUT2D eigenvalue weighted by Gasteiger charge is -2.50. The number of aliphatic carboxylic acids is 1. The maximum atomic E-state index is 11.3. The second-order valence-corrected chi connectivity index (χ2v) is 6.97. The van der Waals surface area contributed by atoms with Crippen molar-refractivity contribution >= 4 is 5.97 Å². The minimum absolute atomic E-state index is 0.0929. The van der Waals surface area contributed by atoms with Gasteiger partial charge in [-0.25, -0.2) is 0 Å². The van der Waals surface area contributed by atoms with Crippen molar-refractivity contribution in [2.24, 2.45) is 0 Å². The first kappa shape index (κ1) is 15.8. The predicted octanol–water partition coefficient (Wildman–Crippen LogP) is 2.58. The first-order valence-electron chi connectivity index (χ1n) is 8.09. The molecule has 4 heteroatoms. The van der Waals surface area contributed by atoms with Crippen molar-refractivity contribution in [3.63, 3.8) is 0 Å². The van der Waals surface area contributed by atoms with Crippen molar-refractivity contribution < 1.29 is 9.90 Å². The Balaban J connectivity index is 2.09. The van der Waals surface area contributed by atoms with Crippen LogP contribution in [0.5, 0.6) is 0 Å². The summed E-state index contributed by atoms with van der Waals surface area (Å²) in [6, 6.07) is 1.14. The van der Waals surface area contributed by atoms with Crippen LogP contribution in [0, 0.1) is 0 Å². The summed E-state index contributed by atoms with van der Waals surface area (Å²) in [4.78, 5) is 16.2. The summed E-state index contributed by atoms with van der Waals surface area (Å²) in [6.45, 7) is 3.41. The van der Waals surface area contributed by atoms with Crippen molar-refractivity contribution in [3.8, 4) is 0 Å². The molecule has 0 amide bonds. The lowest BCUT2D eigenvalue weighted by molar-refractivity contribution is -0.142. The number of nitrogens with zero attached hydrogens (tertiary/aromatic N) is 2. The fourth-order valence-electron chi connectivity index (χ4n) is 4.15. The van der Waals surface area contributed by atoms with E-state index in [-0.39, 0.29) is 5.54 Å². The molecule has 116 valence electrons. The molecule has 2 aliphatic rings. The van der Waals surface area contributed by atoms with E-state index in [1.807, 2.05) is 0 Å². The Bertz CT molecular complexity index is 339. The summed E-state index contributed by atoms with van der Waals surface area (Å²) < 4.78 is 0. The number of hydrogen-bond donors (Lipinski definition) is 1. The Labute approximate surface area is 123 Å². The predicted molar refractivity (Wildman–Crippen MR) is 80.9 cm³/mol. The number of carbonyl (C=O) groups is 1. The maximum Gasteiger partial charge on any atom is 0.305 e. The Kier molecular flexibility index (Phi) is 5.08. The maximum absolute atomic E-state index is 11.3. The van der Waals surface area contributed by atoms with Gasteiger partial charge in [0.05, 0.1) is 6.42 Å². The van der Waals surface area contributed by atoms with Crippen molar-refractivity contribution in [1.82, 2.24) is 9.80 Å². The quantitative estimate of drug-likeness (QED) is 0.860. The monoisotopic (exact) mass is 282 g/mol. The number of likely N-dealkylation sites (tertiary alicyclic amines) is 1. The molecule has 2 rings (SSSR count). The molecule has 2 atom stereocenters. The van der Waals surface area contributed by atoms with Gasteiger partial charge in [0.2, 0.25) is 0 Å². The Hall–Kier alpha value is -0.610. The SMILES string of the molecule is CC1CC(N(C)C2(CC(=O)O)CCCCC2)CCN1C. The average Bonchev–Trinajstić information content (AvgIpc) is 2.41. The van der Waals surface area contributed by atoms with Crippen molar-refractivity contribution in [1.29, 1.82) is 0 Å². The van der Waals surface area contributed by atoms with Crippen molar-refractivity contribution in [2.75, 3.05) is 20.6 Å². The molecule has 2 unspecified atom stereocenters. The summed E-state index contributed by atoms with van der Waals surface area (Å²) in [5.74, 6) is -0.639. The van der Waals surface area contributed by atoms with Gasteiger partial charge in [-0.15, -0.1) is 0 Å². The van der Waals surface area contributed by atoms with Gasteiger partial charge >= 0.3 is 5.97 Å². The third-order valence-corrected chi connectivity index (χ3v) is 5.74. The molecule has 1 saturated heterocycles. The number of hydrogen-bond acceptors (Lipinski definition) is 3. The van der Waals surface area contributed by atoms with Crippen LogP contribution in [0.2, 0.25) is 0 Å². The fraction of sp³-hybridized carbons (Fsp3) is 0.938. The van der Waals surface area contributed by atoms with Crippen molar-refractivity contribution in [3.05, 3.63) is 0 Å². The Morgan fingerprint density at radius 2 is 2.00 bits per heavy atom. The van der Waals surface area contributed by atoms with E-state index in [0.29, 0.717) is 18.5 Å². The molecule has 20 heavy (non-hydrogen) atoms. The van der Waals surface area contributed by atoms with Crippen LogP contribution in [-0.2, 0) is 4.79 Å². The zero-order valence-corrected chi connectivity index (χ0v) is 13.3. The second-order valence-electron chi connectivity index (χ2n) is 6.97. The van der Waals surface area contributed by atoms with E-state index in [9.17, 15) is 9.90 Å². The third-order valence-electron chi connectivity index (χ3n) is 5.74. The molecule has 0 aromatic rings. The van der Waals surface area contributed by atoms with Gasteiger partial charge in [-0.1, -0.05) is 19.3 Å². The molecular formula is C16H30N2O2. The van der Waals surface area contributed by atoms with E-state index < -0.39 is 5.97 Å². The molecule has 0 radical (unpaired) electrons. The van der Waals surface area contributed by atoms with Gasteiger partial charge in [-0.05, 0) is 53.2 Å². The van der Waals surface area contributed by atoms with E-state index in [0.717, 1.165) is 25.8 Å². The minimum atomic E-state index is -0.639. The van der Waals surface area contributed by atoms with Crippen LogP contribution in [0.3, 0.4) is 0 Å². The van der Waals surface area contributed by atoms with E-state index in [2.05, 4.69) is 30.8 Å². The van der Waals surface area contributed by atoms with Crippen LogP contribution < -0.4 is 0 Å². The van der Waals surface area contributed by atoms with Gasteiger partial charge in [0.15, 0.2) is 0 Å². The molecular weight excluding hydrogens is 252 g/mol. The summed E-state index contributed by atoms with van der Waals surface area (Å²) in [5.41, 5.74) is -0.0929. The molecule has 0 spiro atoms. The van der Waals surface area contributed by atoms with Gasteiger partial charge in [-0.2, -0.15) is 0 Å².